The van der Waals surface area contributed by atoms with Gasteiger partial charge < -0.3 is 35.3 Å². The number of carbonyl (C=O) groups excluding carboxylic acids is 4. The van der Waals surface area contributed by atoms with Crippen molar-refractivity contribution in [1.29, 1.82) is 0 Å². The van der Waals surface area contributed by atoms with Gasteiger partial charge in [-0.2, -0.15) is 0 Å². The highest BCUT2D eigenvalue weighted by molar-refractivity contribution is 5.97. The Balaban J connectivity index is 0.000000428. The molecule has 2 aliphatic heterocycles. The smallest absolute Gasteiger partial charge is 0.242 e. The number of aryl methyl sites for hydroxylation is 1. The molecule has 0 radical (unpaired) electrons. The highest BCUT2D eigenvalue weighted by Gasteiger charge is 2.50. The Morgan fingerprint density at radius 2 is 1.72 bits per heavy atom. The van der Waals surface area contributed by atoms with E-state index in [2.05, 4.69) is 16.0 Å². The van der Waals surface area contributed by atoms with E-state index in [0.717, 1.165) is 16.9 Å². The second-order valence-corrected chi connectivity index (χ2v) is 10.7. The maximum absolute atomic E-state index is 12.8. The molecule has 2 heterocycles. The number of methoxy groups -OCH3 is 1. The zero-order valence-electron chi connectivity index (χ0n) is 25.2. The van der Waals surface area contributed by atoms with Gasteiger partial charge in [-0.3, -0.25) is 24.1 Å². The second kappa shape index (κ2) is 16.0. The first-order valence-electron chi connectivity index (χ1n) is 14.2. The van der Waals surface area contributed by atoms with E-state index in [-0.39, 0.29) is 30.5 Å². The van der Waals surface area contributed by atoms with E-state index >= 15 is 0 Å². The first-order chi connectivity index (χ1) is 20.5. The third-order valence-corrected chi connectivity index (χ3v) is 7.09. The minimum Gasteiger partial charge on any atom is -0.508 e. The molecule has 43 heavy (non-hydrogen) atoms. The summed E-state index contributed by atoms with van der Waals surface area (Å²) in [6.07, 6.45) is 0.326. The summed E-state index contributed by atoms with van der Waals surface area (Å²) < 4.78 is 15.5. The van der Waals surface area contributed by atoms with Crippen LogP contribution in [0.5, 0.6) is 11.5 Å². The number of aromatic hydroxyl groups is 1. The number of rotatable bonds is 12. The molecule has 4 rings (SSSR count). The highest BCUT2D eigenvalue weighted by atomic mass is 16.6. The monoisotopic (exact) mass is 598 g/mol. The van der Waals surface area contributed by atoms with Gasteiger partial charge >= 0.3 is 0 Å². The van der Waals surface area contributed by atoms with Crippen molar-refractivity contribution in [3.05, 3.63) is 59.7 Å². The number of amides is 3. The molecule has 2 fully saturated rings. The van der Waals surface area contributed by atoms with E-state index in [9.17, 15) is 19.2 Å². The summed E-state index contributed by atoms with van der Waals surface area (Å²) in [7, 11) is 1.59. The van der Waals surface area contributed by atoms with Gasteiger partial charge in [-0.25, -0.2) is 0 Å². The third kappa shape index (κ3) is 11.0. The van der Waals surface area contributed by atoms with Crippen LogP contribution in [0.2, 0.25) is 0 Å². The van der Waals surface area contributed by atoms with Crippen LogP contribution in [-0.2, 0) is 35.1 Å². The van der Waals surface area contributed by atoms with Gasteiger partial charge in [0, 0.05) is 19.2 Å². The Hall–Kier alpha value is -4.00. The van der Waals surface area contributed by atoms with E-state index in [1.165, 1.54) is 0 Å². The van der Waals surface area contributed by atoms with E-state index in [4.69, 9.17) is 19.3 Å². The number of Topliss-reactive ketones (excluding diaryl/α,β-unsaturated/α-hetero) is 1. The molecular formula is C31H42N4O8. The summed E-state index contributed by atoms with van der Waals surface area (Å²) in [5.74, 6) is -0.481. The van der Waals surface area contributed by atoms with Crippen LogP contribution in [-0.4, -0.2) is 104 Å². The molecule has 0 spiro atoms. The van der Waals surface area contributed by atoms with Gasteiger partial charge in [0.15, 0.2) is 5.78 Å². The van der Waals surface area contributed by atoms with Gasteiger partial charge in [-0.1, -0.05) is 36.4 Å². The molecule has 2 aliphatic rings. The SMILES string of the molecule is CC(NC(=O)CN1CCOCC1)C(=O)NCC(=O)NC(Cc1ccccc1)C(=O)[C@@]1(C)CO1.COc1cc(O)ccc1C. The van der Waals surface area contributed by atoms with Crippen molar-refractivity contribution in [3.63, 3.8) is 0 Å². The molecule has 2 unspecified atom stereocenters. The van der Waals surface area contributed by atoms with Gasteiger partial charge in [0.2, 0.25) is 17.7 Å². The molecule has 4 N–H and O–H groups in total. The lowest BCUT2D eigenvalue weighted by molar-refractivity contribution is -0.132. The molecule has 3 amide bonds. The van der Waals surface area contributed by atoms with Crippen molar-refractivity contribution >= 4 is 23.5 Å². The fourth-order valence-corrected chi connectivity index (χ4v) is 4.37. The molecule has 3 atom stereocenters. The maximum atomic E-state index is 12.8. The Morgan fingerprint density at radius 3 is 2.33 bits per heavy atom. The summed E-state index contributed by atoms with van der Waals surface area (Å²) >= 11 is 0. The van der Waals surface area contributed by atoms with Gasteiger partial charge in [0.1, 0.15) is 23.1 Å². The summed E-state index contributed by atoms with van der Waals surface area (Å²) in [6, 6.07) is 12.8. The molecule has 0 bridgehead atoms. The van der Waals surface area contributed by atoms with Crippen LogP contribution in [0.25, 0.3) is 0 Å². The summed E-state index contributed by atoms with van der Waals surface area (Å²) in [5, 5.41) is 16.8. The van der Waals surface area contributed by atoms with Crippen LogP contribution in [0.4, 0.5) is 0 Å². The van der Waals surface area contributed by atoms with E-state index < -0.39 is 29.5 Å². The van der Waals surface area contributed by atoms with Crippen molar-refractivity contribution in [3.8, 4) is 11.5 Å². The summed E-state index contributed by atoms with van der Waals surface area (Å²) in [5.41, 5.74) is 1.05. The van der Waals surface area contributed by atoms with E-state index in [1.807, 2.05) is 48.2 Å². The second-order valence-electron chi connectivity index (χ2n) is 10.7. The Bertz CT molecular complexity index is 1250. The van der Waals surface area contributed by atoms with Crippen molar-refractivity contribution in [2.75, 3.05) is 53.1 Å². The minimum atomic E-state index is -0.880. The predicted molar refractivity (Wildman–Crippen MR) is 159 cm³/mol. The number of carbonyl (C=O) groups is 4. The number of nitrogens with one attached hydrogen (secondary N) is 3. The predicted octanol–water partition coefficient (Wildman–Crippen LogP) is 0.734. The topological polar surface area (TPSA) is 159 Å². The van der Waals surface area contributed by atoms with Crippen molar-refractivity contribution in [2.45, 2.75) is 44.9 Å². The van der Waals surface area contributed by atoms with Crippen LogP contribution in [0.1, 0.15) is 25.0 Å². The number of phenolic OH excluding ortho intramolecular Hbond substituents is 1. The number of morpholine rings is 1. The molecule has 12 nitrogen and oxygen atoms in total. The number of hydrogen-bond donors (Lipinski definition) is 4. The van der Waals surface area contributed by atoms with Crippen molar-refractivity contribution in [2.24, 2.45) is 0 Å². The van der Waals surface area contributed by atoms with Gasteiger partial charge in [-0.15, -0.1) is 0 Å². The van der Waals surface area contributed by atoms with Crippen LogP contribution in [0.15, 0.2) is 48.5 Å². The number of hydrogen-bond acceptors (Lipinski definition) is 9. The lowest BCUT2D eigenvalue weighted by Crippen LogP contribution is -2.53. The fourth-order valence-electron chi connectivity index (χ4n) is 4.37. The van der Waals surface area contributed by atoms with Crippen LogP contribution in [0, 0.1) is 6.92 Å². The molecule has 12 heteroatoms. The summed E-state index contributed by atoms with van der Waals surface area (Å²) in [6.45, 7) is 7.88. The lowest BCUT2D eigenvalue weighted by atomic mass is 9.95. The van der Waals surface area contributed by atoms with Crippen LogP contribution in [0.3, 0.4) is 0 Å². The van der Waals surface area contributed by atoms with E-state index in [0.29, 0.717) is 39.3 Å². The molecule has 234 valence electrons. The van der Waals surface area contributed by atoms with Gasteiger partial charge in [0.05, 0.1) is 46.1 Å². The standard InChI is InChI=1S/C23H32N4O6.C8H10O2/c1-16(25-20(29)14-27-8-10-32-11-9-27)22(31)24-13-19(28)26-18(21(30)23(2)15-33-23)12-17-6-4-3-5-7-17;1-6-3-4-7(9)5-8(6)10-2/h3-7,16,18H,8-15H2,1-2H3,(H,24,31)(H,25,29)(H,26,28);3-5,9H,1-2H3/t16?,18?,23-;/m1./s1. The number of phenols is 1. The Labute approximate surface area is 252 Å². The van der Waals surface area contributed by atoms with Crippen molar-refractivity contribution in [1.82, 2.24) is 20.9 Å². The zero-order valence-corrected chi connectivity index (χ0v) is 25.2. The first kappa shape index (κ1) is 33.5. The summed E-state index contributed by atoms with van der Waals surface area (Å²) in [4.78, 5) is 51.7. The minimum absolute atomic E-state index is 0.186. The number of nitrogens with zero attached hydrogens (tertiary/aromatic N) is 1. The zero-order chi connectivity index (χ0) is 31.4. The number of ether oxygens (including phenoxy) is 3. The Morgan fingerprint density at radius 1 is 1.05 bits per heavy atom. The number of ketones is 1. The van der Waals surface area contributed by atoms with E-state index in [1.54, 1.807) is 33.1 Å². The first-order valence-corrected chi connectivity index (χ1v) is 14.2. The molecule has 0 saturated carbocycles. The average molecular weight is 599 g/mol. The van der Waals surface area contributed by atoms with Crippen LogP contribution < -0.4 is 20.7 Å². The quantitative estimate of drug-likeness (QED) is 0.259. The third-order valence-electron chi connectivity index (χ3n) is 7.09. The lowest BCUT2D eigenvalue weighted by Gasteiger charge is -2.26. The normalized spacial score (nSPS) is 19.1. The molecule has 2 aromatic rings. The average Bonchev–Trinajstić information content (AvgIpc) is 3.75. The maximum Gasteiger partial charge on any atom is 0.242 e. The largest absolute Gasteiger partial charge is 0.508 e. The fraction of sp³-hybridized carbons (Fsp3) is 0.484. The molecule has 0 aliphatic carbocycles. The van der Waals surface area contributed by atoms with Gasteiger partial charge in [0.25, 0.3) is 0 Å². The number of epoxide rings is 1. The van der Waals surface area contributed by atoms with Gasteiger partial charge in [-0.05, 0) is 44.4 Å². The number of benzene rings is 2. The van der Waals surface area contributed by atoms with Crippen molar-refractivity contribution < 1.29 is 38.5 Å². The Kier molecular flexibility index (Phi) is 12.5. The molecule has 2 aromatic carbocycles. The van der Waals surface area contributed by atoms with Crippen LogP contribution >= 0.6 is 0 Å². The molecule has 2 saturated heterocycles. The highest BCUT2D eigenvalue weighted by Crippen LogP contribution is 2.29. The molecule has 0 aromatic heterocycles. The molecular weight excluding hydrogens is 556 g/mol.